The number of ether oxygens (including phenoxy) is 1. The number of pyridine rings is 1. The van der Waals surface area contributed by atoms with E-state index < -0.39 is 4.92 Å². The molecule has 0 saturated heterocycles. The Morgan fingerprint density at radius 1 is 1.21 bits per heavy atom. The van der Waals surface area contributed by atoms with Crippen LogP contribution in [0, 0.1) is 17.0 Å². The molecule has 7 heteroatoms. The fourth-order valence-corrected chi connectivity index (χ4v) is 2.56. The van der Waals surface area contributed by atoms with E-state index in [1.165, 1.54) is 12.1 Å². The van der Waals surface area contributed by atoms with E-state index in [0.717, 1.165) is 0 Å². The standard InChI is InChI=1S/C12H8Br2N2O3/c1-7-4-8(16(17)18)2-3-10(7)19-9-5-11(13)15-12(14)6-9/h2-6H,1H3. The predicted octanol–water partition coefficient (Wildman–Crippen LogP) is 4.62. The third kappa shape index (κ3) is 3.51. The minimum absolute atomic E-state index is 0.0435. The number of rotatable bonds is 3. The summed E-state index contributed by atoms with van der Waals surface area (Å²) in [6.07, 6.45) is 0. The van der Waals surface area contributed by atoms with Crippen molar-refractivity contribution in [2.75, 3.05) is 0 Å². The highest BCUT2D eigenvalue weighted by Crippen LogP contribution is 2.30. The van der Waals surface area contributed by atoms with Crippen molar-refractivity contribution in [2.45, 2.75) is 6.92 Å². The van der Waals surface area contributed by atoms with Crippen molar-refractivity contribution in [1.82, 2.24) is 4.98 Å². The van der Waals surface area contributed by atoms with E-state index in [-0.39, 0.29) is 5.69 Å². The van der Waals surface area contributed by atoms with Crippen molar-refractivity contribution in [3.05, 3.63) is 55.2 Å². The van der Waals surface area contributed by atoms with Gasteiger partial charge in [0.2, 0.25) is 0 Å². The predicted molar refractivity (Wildman–Crippen MR) is 77.5 cm³/mol. The lowest BCUT2D eigenvalue weighted by Gasteiger charge is -2.09. The maximum absolute atomic E-state index is 10.7. The zero-order chi connectivity index (χ0) is 14.0. The van der Waals surface area contributed by atoms with Gasteiger partial charge in [0, 0.05) is 24.3 Å². The first-order valence-electron chi connectivity index (χ1n) is 5.21. The van der Waals surface area contributed by atoms with Gasteiger partial charge >= 0.3 is 0 Å². The fraction of sp³-hybridized carbons (Fsp3) is 0.0833. The summed E-state index contributed by atoms with van der Waals surface area (Å²) in [7, 11) is 0. The quantitative estimate of drug-likeness (QED) is 0.438. The topological polar surface area (TPSA) is 65.3 Å². The Labute approximate surface area is 126 Å². The molecule has 1 heterocycles. The van der Waals surface area contributed by atoms with Gasteiger partial charge in [-0.15, -0.1) is 0 Å². The van der Waals surface area contributed by atoms with Gasteiger partial charge in [-0.1, -0.05) is 0 Å². The first-order valence-corrected chi connectivity index (χ1v) is 6.80. The van der Waals surface area contributed by atoms with Crippen LogP contribution in [0.5, 0.6) is 11.5 Å². The zero-order valence-corrected chi connectivity index (χ0v) is 12.9. The van der Waals surface area contributed by atoms with Crippen molar-refractivity contribution in [1.29, 1.82) is 0 Å². The Bertz CT molecular complexity index is 627. The van der Waals surface area contributed by atoms with Gasteiger partial charge in [0.15, 0.2) is 0 Å². The minimum atomic E-state index is -0.434. The molecule has 2 rings (SSSR count). The van der Waals surface area contributed by atoms with Crippen LogP contribution < -0.4 is 4.74 Å². The largest absolute Gasteiger partial charge is 0.457 e. The van der Waals surface area contributed by atoms with Gasteiger partial charge in [0.25, 0.3) is 5.69 Å². The number of nitrogens with zero attached hydrogens (tertiary/aromatic N) is 2. The summed E-state index contributed by atoms with van der Waals surface area (Å²) in [5, 5.41) is 10.7. The Kier molecular flexibility index (Phi) is 4.16. The second-order valence-electron chi connectivity index (χ2n) is 3.76. The summed E-state index contributed by atoms with van der Waals surface area (Å²) in [5.41, 5.74) is 0.736. The summed E-state index contributed by atoms with van der Waals surface area (Å²) in [4.78, 5) is 14.3. The van der Waals surface area contributed by atoms with Crippen LogP contribution >= 0.6 is 31.9 Å². The Morgan fingerprint density at radius 3 is 2.37 bits per heavy atom. The van der Waals surface area contributed by atoms with Gasteiger partial charge in [-0.05, 0) is 50.4 Å². The monoisotopic (exact) mass is 386 g/mol. The number of non-ortho nitro benzene ring substituents is 1. The summed E-state index contributed by atoms with van der Waals surface area (Å²) in [6.45, 7) is 1.76. The van der Waals surface area contributed by atoms with Crippen LogP contribution in [0.25, 0.3) is 0 Å². The molecular weight excluding hydrogens is 380 g/mol. The number of aromatic nitrogens is 1. The van der Waals surface area contributed by atoms with E-state index >= 15 is 0 Å². The molecular formula is C12H8Br2N2O3. The molecule has 0 radical (unpaired) electrons. The van der Waals surface area contributed by atoms with Gasteiger partial charge in [0.05, 0.1) is 4.92 Å². The molecule has 19 heavy (non-hydrogen) atoms. The Morgan fingerprint density at radius 2 is 1.84 bits per heavy atom. The van der Waals surface area contributed by atoms with E-state index in [1.54, 1.807) is 25.1 Å². The summed E-state index contributed by atoms with van der Waals surface area (Å²) >= 11 is 6.53. The molecule has 0 aliphatic carbocycles. The molecule has 0 N–H and O–H groups in total. The second kappa shape index (κ2) is 5.66. The zero-order valence-electron chi connectivity index (χ0n) is 9.76. The lowest BCUT2D eigenvalue weighted by molar-refractivity contribution is -0.384. The summed E-state index contributed by atoms with van der Waals surface area (Å²) in [5.74, 6) is 1.15. The molecule has 5 nitrogen and oxygen atoms in total. The maximum Gasteiger partial charge on any atom is 0.269 e. The average Bonchev–Trinajstić information content (AvgIpc) is 2.30. The van der Waals surface area contributed by atoms with E-state index in [2.05, 4.69) is 36.8 Å². The number of hydrogen-bond donors (Lipinski definition) is 0. The molecule has 0 aliphatic heterocycles. The highest BCUT2D eigenvalue weighted by atomic mass is 79.9. The molecule has 0 spiro atoms. The molecule has 0 unspecified atom stereocenters. The Balaban J connectivity index is 2.30. The van der Waals surface area contributed by atoms with Crippen molar-refractivity contribution in [3.63, 3.8) is 0 Å². The van der Waals surface area contributed by atoms with Crippen molar-refractivity contribution >= 4 is 37.5 Å². The van der Waals surface area contributed by atoms with Crippen LogP contribution in [0.15, 0.2) is 39.5 Å². The van der Waals surface area contributed by atoms with Gasteiger partial charge in [-0.25, -0.2) is 4.98 Å². The minimum Gasteiger partial charge on any atom is -0.457 e. The number of aryl methyl sites for hydroxylation is 1. The van der Waals surface area contributed by atoms with Gasteiger partial charge < -0.3 is 4.74 Å². The number of nitro benzene ring substituents is 1. The molecule has 1 aromatic heterocycles. The number of hydrogen-bond acceptors (Lipinski definition) is 4. The van der Waals surface area contributed by atoms with Crippen LogP contribution in [0.2, 0.25) is 0 Å². The molecule has 0 fully saturated rings. The molecule has 0 bridgehead atoms. The van der Waals surface area contributed by atoms with Crippen LogP contribution in [-0.2, 0) is 0 Å². The molecule has 2 aromatic rings. The van der Waals surface area contributed by atoms with Crippen LogP contribution in [0.1, 0.15) is 5.56 Å². The van der Waals surface area contributed by atoms with Gasteiger partial charge in [0.1, 0.15) is 20.7 Å². The van der Waals surface area contributed by atoms with Crippen LogP contribution in [-0.4, -0.2) is 9.91 Å². The van der Waals surface area contributed by atoms with Crippen LogP contribution in [0.3, 0.4) is 0 Å². The number of halogens is 2. The van der Waals surface area contributed by atoms with E-state index in [4.69, 9.17) is 4.74 Å². The first kappa shape index (κ1) is 14.0. The van der Waals surface area contributed by atoms with E-state index in [9.17, 15) is 10.1 Å². The summed E-state index contributed by atoms with van der Waals surface area (Å²) < 4.78 is 6.95. The van der Waals surface area contributed by atoms with E-state index in [0.29, 0.717) is 26.3 Å². The molecule has 0 atom stereocenters. The maximum atomic E-state index is 10.7. The van der Waals surface area contributed by atoms with Gasteiger partial charge in [-0.3, -0.25) is 10.1 Å². The average molecular weight is 388 g/mol. The highest BCUT2D eigenvalue weighted by Gasteiger charge is 2.10. The van der Waals surface area contributed by atoms with E-state index in [1.807, 2.05) is 0 Å². The fourth-order valence-electron chi connectivity index (χ4n) is 1.49. The summed E-state index contributed by atoms with van der Waals surface area (Å²) in [6, 6.07) is 7.89. The third-order valence-electron chi connectivity index (χ3n) is 2.33. The van der Waals surface area contributed by atoms with Crippen molar-refractivity contribution in [3.8, 4) is 11.5 Å². The molecule has 0 amide bonds. The smallest absolute Gasteiger partial charge is 0.269 e. The highest BCUT2D eigenvalue weighted by molar-refractivity contribution is 9.11. The normalized spacial score (nSPS) is 10.3. The number of nitro groups is 1. The van der Waals surface area contributed by atoms with Gasteiger partial charge in [-0.2, -0.15) is 0 Å². The lowest BCUT2D eigenvalue weighted by Crippen LogP contribution is -1.92. The van der Waals surface area contributed by atoms with Crippen molar-refractivity contribution in [2.24, 2.45) is 0 Å². The SMILES string of the molecule is Cc1cc([N+](=O)[O-])ccc1Oc1cc(Br)nc(Br)c1. The molecule has 0 saturated carbocycles. The molecule has 0 aliphatic rings. The molecule has 1 aromatic carbocycles. The molecule has 98 valence electrons. The third-order valence-corrected chi connectivity index (χ3v) is 3.15. The van der Waals surface area contributed by atoms with Crippen molar-refractivity contribution < 1.29 is 9.66 Å². The second-order valence-corrected chi connectivity index (χ2v) is 5.38. The lowest BCUT2D eigenvalue weighted by atomic mass is 10.2. The van der Waals surface area contributed by atoms with Crippen LogP contribution in [0.4, 0.5) is 5.69 Å². The Hall–Kier alpha value is -1.47. The first-order chi connectivity index (χ1) is 8.95. The number of benzene rings is 1.